The van der Waals surface area contributed by atoms with Crippen molar-refractivity contribution in [3.05, 3.63) is 83.7 Å². The van der Waals surface area contributed by atoms with Gasteiger partial charge in [-0.05, 0) is 77.4 Å². The van der Waals surface area contributed by atoms with Crippen LogP contribution in [0.25, 0.3) is 22.5 Å². The van der Waals surface area contributed by atoms with Crippen molar-refractivity contribution in [1.82, 2.24) is 19.9 Å². The van der Waals surface area contributed by atoms with E-state index in [2.05, 4.69) is 9.97 Å². The molecule has 41 heavy (non-hydrogen) atoms. The van der Waals surface area contributed by atoms with Crippen molar-refractivity contribution in [2.75, 3.05) is 0 Å². The quantitative estimate of drug-likeness (QED) is 0.116. The smallest absolute Gasteiger partial charge is 0.242 e. The maximum Gasteiger partial charge on any atom is 0.242 e. The predicted octanol–water partition coefficient (Wildman–Crippen LogP) is 7.91. The molecule has 0 aliphatic carbocycles. The topological polar surface area (TPSA) is 70.0 Å². The first-order valence-electron chi connectivity index (χ1n) is 13.0. The molecule has 216 valence electrons. The van der Waals surface area contributed by atoms with Crippen LogP contribution in [-0.4, -0.2) is 36.6 Å². The number of halogens is 4. The fourth-order valence-corrected chi connectivity index (χ4v) is 5.74. The van der Waals surface area contributed by atoms with Crippen LogP contribution in [-0.2, 0) is 5.41 Å². The molecule has 4 heterocycles. The van der Waals surface area contributed by atoms with Crippen molar-refractivity contribution >= 4 is 16.6 Å². The Morgan fingerprint density at radius 2 is 0.927 bits per heavy atom. The Balaban J connectivity index is 1.93. The summed E-state index contributed by atoms with van der Waals surface area (Å²) in [6.07, 6.45) is 0. The highest BCUT2D eigenvalue weighted by Crippen LogP contribution is 2.38. The lowest BCUT2D eigenvalue weighted by Gasteiger charge is -2.28. The number of pyridine rings is 4. The van der Waals surface area contributed by atoms with E-state index < -0.39 is 45.8 Å². The fourth-order valence-electron chi connectivity index (χ4n) is 4.09. The van der Waals surface area contributed by atoms with E-state index >= 15 is 0 Å². The second-order valence-corrected chi connectivity index (χ2v) is 21.0. The molecule has 0 aromatic carbocycles. The molecule has 0 fully saturated rings. The van der Waals surface area contributed by atoms with E-state index in [1.807, 2.05) is 53.1 Å². The van der Waals surface area contributed by atoms with Gasteiger partial charge < -0.3 is 8.85 Å². The molecule has 0 aliphatic heterocycles. The highest BCUT2D eigenvalue weighted by atomic mass is 28.4. The molecule has 0 saturated carbocycles. The predicted molar refractivity (Wildman–Crippen MR) is 155 cm³/mol. The van der Waals surface area contributed by atoms with Crippen LogP contribution in [0.3, 0.4) is 0 Å². The molecule has 0 spiro atoms. The third kappa shape index (κ3) is 7.36. The number of hydrogen-bond acceptors (Lipinski definition) is 6. The van der Waals surface area contributed by atoms with Crippen molar-refractivity contribution in [2.24, 2.45) is 0 Å². The Hall–Kier alpha value is -3.65. The molecule has 0 N–H and O–H groups in total. The van der Waals surface area contributed by atoms with Gasteiger partial charge >= 0.3 is 0 Å². The molecular weight excluding hydrogens is 569 g/mol. The summed E-state index contributed by atoms with van der Waals surface area (Å²) in [6, 6.07) is 11.4. The van der Waals surface area contributed by atoms with E-state index in [1.165, 1.54) is 12.1 Å². The first-order chi connectivity index (χ1) is 18.9. The molecule has 0 radical (unpaired) electrons. The molecule has 0 saturated heterocycles. The zero-order valence-corrected chi connectivity index (χ0v) is 26.2. The van der Waals surface area contributed by atoms with Crippen LogP contribution in [0.15, 0.2) is 48.5 Å². The fraction of sp³-hybridized carbons (Fsp3) is 0.310. The molecule has 4 aromatic rings. The van der Waals surface area contributed by atoms with Crippen molar-refractivity contribution in [2.45, 2.75) is 58.5 Å². The molecule has 0 amide bonds. The number of aromatic nitrogens is 4. The van der Waals surface area contributed by atoms with E-state index in [0.29, 0.717) is 22.9 Å². The summed E-state index contributed by atoms with van der Waals surface area (Å²) < 4.78 is 69.2. The van der Waals surface area contributed by atoms with Gasteiger partial charge in [0.2, 0.25) is 40.4 Å². The maximum atomic E-state index is 14.8. The minimum atomic E-state index is -2.11. The first-order valence-corrected chi connectivity index (χ1v) is 19.8. The minimum Gasteiger partial charge on any atom is -0.544 e. The first kappa shape index (κ1) is 30.3. The van der Waals surface area contributed by atoms with Gasteiger partial charge in [-0.25, -0.2) is 0 Å². The molecule has 12 heteroatoms. The van der Waals surface area contributed by atoms with Gasteiger partial charge in [0.1, 0.15) is 11.5 Å². The molecule has 4 rings (SSSR count). The lowest BCUT2D eigenvalue weighted by Crippen LogP contribution is -2.30. The van der Waals surface area contributed by atoms with Gasteiger partial charge in [-0.15, -0.1) is 0 Å². The molecule has 4 aromatic heterocycles. The Morgan fingerprint density at radius 1 is 0.561 bits per heavy atom. The lowest BCUT2D eigenvalue weighted by molar-refractivity contribution is 0.514. The Bertz CT molecular complexity index is 1490. The average Bonchev–Trinajstić information content (AvgIpc) is 2.81. The standard InChI is InChI=1S/C29H32F4N4O2Si2/c1-29(2,23-15-17(38-40(3,4)5)13-21(34-23)19-9-11-25(30)36-27(19)32)24-16-18(39-41(6,7)8)14-22(35-24)20-10-12-26(31)37-28(20)33/h9-16H,1-8H3. The van der Waals surface area contributed by atoms with E-state index in [9.17, 15) is 17.6 Å². The highest BCUT2D eigenvalue weighted by molar-refractivity contribution is 6.70. The van der Waals surface area contributed by atoms with Crippen LogP contribution in [0.4, 0.5) is 17.6 Å². The Labute approximate surface area is 239 Å². The summed E-state index contributed by atoms with van der Waals surface area (Å²) in [4.78, 5) is 16.1. The van der Waals surface area contributed by atoms with Gasteiger partial charge in [-0.1, -0.05) is 0 Å². The second kappa shape index (κ2) is 11.0. The van der Waals surface area contributed by atoms with E-state index in [0.717, 1.165) is 12.1 Å². The van der Waals surface area contributed by atoms with Crippen LogP contribution in [0.2, 0.25) is 39.3 Å². The summed E-state index contributed by atoms with van der Waals surface area (Å²) in [7, 11) is -4.23. The third-order valence-corrected chi connectivity index (χ3v) is 7.60. The summed E-state index contributed by atoms with van der Waals surface area (Å²) >= 11 is 0. The van der Waals surface area contributed by atoms with Crippen LogP contribution in [0.1, 0.15) is 25.2 Å². The minimum absolute atomic E-state index is 0.00778. The monoisotopic (exact) mass is 600 g/mol. The average molecular weight is 601 g/mol. The summed E-state index contributed by atoms with van der Waals surface area (Å²) in [5.41, 5.74) is 0.410. The van der Waals surface area contributed by atoms with Crippen LogP contribution in [0.5, 0.6) is 11.5 Å². The van der Waals surface area contributed by atoms with Crippen molar-refractivity contribution < 1.29 is 26.4 Å². The van der Waals surface area contributed by atoms with Crippen molar-refractivity contribution in [3.8, 4) is 34.0 Å². The maximum absolute atomic E-state index is 14.8. The largest absolute Gasteiger partial charge is 0.544 e. The van der Waals surface area contributed by atoms with Crippen molar-refractivity contribution in [3.63, 3.8) is 0 Å². The second-order valence-electron chi connectivity index (χ2n) is 12.1. The third-order valence-electron chi connectivity index (χ3n) is 5.91. The van der Waals surface area contributed by atoms with Gasteiger partial charge in [-0.3, -0.25) is 9.97 Å². The van der Waals surface area contributed by atoms with Gasteiger partial charge in [-0.2, -0.15) is 27.5 Å². The highest BCUT2D eigenvalue weighted by Gasteiger charge is 2.31. The molecule has 6 nitrogen and oxygen atoms in total. The van der Waals surface area contributed by atoms with Gasteiger partial charge in [0.25, 0.3) is 0 Å². The molecular formula is C29H32F4N4O2Si2. The molecule has 0 atom stereocenters. The molecule has 0 aliphatic rings. The van der Waals surface area contributed by atoms with Gasteiger partial charge in [0, 0.05) is 29.7 Å². The van der Waals surface area contributed by atoms with Gasteiger partial charge in [0.05, 0.1) is 33.9 Å². The molecule has 0 unspecified atom stereocenters. The van der Waals surface area contributed by atoms with Crippen LogP contribution in [0, 0.1) is 23.8 Å². The summed E-state index contributed by atoms with van der Waals surface area (Å²) in [6.45, 7) is 15.8. The van der Waals surface area contributed by atoms with Crippen molar-refractivity contribution in [1.29, 1.82) is 0 Å². The normalized spacial score (nSPS) is 12.4. The van der Waals surface area contributed by atoms with E-state index in [4.69, 9.17) is 18.8 Å². The SMILES string of the molecule is CC(C)(c1cc(O[Si](C)(C)C)cc(-c2ccc(F)nc2F)n1)c1cc(O[Si](C)(C)C)cc(-c2ccc(F)nc2F)n1. The zero-order valence-electron chi connectivity index (χ0n) is 24.2. The summed E-state index contributed by atoms with van der Waals surface area (Å²) in [5.74, 6) is -2.97. The number of hydrogen-bond donors (Lipinski definition) is 0. The summed E-state index contributed by atoms with van der Waals surface area (Å²) in [5, 5.41) is 0. The van der Waals surface area contributed by atoms with Crippen LogP contribution < -0.4 is 8.85 Å². The van der Waals surface area contributed by atoms with E-state index in [-0.39, 0.29) is 22.5 Å². The number of nitrogens with zero attached hydrogens (tertiary/aromatic N) is 4. The lowest BCUT2D eigenvalue weighted by atomic mass is 9.84. The molecule has 0 bridgehead atoms. The Kier molecular flexibility index (Phi) is 8.11. The van der Waals surface area contributed by atoms with Gasteiger partial charge in [0.15, 0.2) is 0 Å². The number of rotatable bonds is 8. The van der Waals surface area contributed by atoms with Crippen LogP contribution >= 0.6 is 0 Å². The zero-order chi connectivity index (χ0) is 30.3. The Morgan fingerprint density at radius 3 is 1.24 bits per heavy atom. The van der Waals surface area contributed by atoms with E-state index in [1.54, 1.807) is 24.3 Å².